The van der Waals surface area contributed by atoms with Gasteiger partial charge in [-0.15, -0.1) is 11.3 Å². The lowest BCUT2D eigenvalue weighted by Gasteiger charge is -2.25. The van der Waals surface area contributed by atoms with Crippen LogP contribution in [-0.2, 0) is 22.1 Å². The fraction of sp³-hybridized carbons (Fsp3) is 0.417. The van der Waals surface area contributed by atoms with Crippen molar-refractivity contribution >= 4 is 34.2 Å². The molecule has 6 heteroatoms. The third-order valence-corrected chi connectivity index (χ3v) is 4.96. The second kappa shape index (κ2) is 6.26. The quantitative estimate of drug-likeness (QED) is 0.850. The van der Waals surface area contributed by atoms with Crippen molar-refractivity contribution < 1.29 is 14.1 Å². The lowest BCUT2D eigenvalue weighted by atomic mass is 10.2. The summed E-state index contributed by atoms with van der Waals surface area (Å²) in [5.74, 6) is 0.593. The van der Waals surface area contributed by atoms with Gasteiger partial charge in [0, 0.05) is 52.9 Å². The van der Waals surface area contributed by atoms with Crippen molar-refractivity contribution in [2.45, 2.75) is 6.54 Å². The topological polar surface area (TPSA) is 57.6 Å². The van der Waals surface area contributed by atoms with E-state index in [2.05, 4.69) is 4.90 Å². The molecule has 0 spiro atoms. The van der Waals surface area contributed by atoms with Crippen LogP contribution in [0.4, 0.5) is 0 Å². The average molecular weight is 285 g/mol. The predicted molar refractivity (Wildman–Crippen MR) is 74.1 cm³/mol. The molecule has 2 heterocycles. The molecule has 1 aromatic heterocycles. The molecule has 0 atom stereocenters. The second-order valence-corrected chi connectivity index (χ2v) is 6.83. The molecule has 0 unspecified atom stereocenters. The number of carbonyl (C=O) groups is 1. The fourth-order valence-corrected chi connectivity index (χ4v) is 3.81. The number of carboxylic acids is 1. The smallest absolute Gasteiger partial charge is 0.328 e. The molecule has 0 amide bonds. The van der Waals surface area contributed by atoms with Crippen LogP contribution >= 0.6 is 11.3 Å². The first-order valence-corrected chi connectivity index (χ1v) is 8.06. The molecule has 2 rings (SSSR count). The van der Waals surface area contributed by atoms with E-state index in [4.69, 9.17) is 5.11 Å². The van der Waals surface area contributed by atoms with Crippen LogP contribution in [0.2, 0.25) is 0 Å². The molecular weight excluding hydrogens is 270 g/mol. The van der Waals surface area contributed by atoms with E-state index in [0.717, 1.165) is 42.8 Å². The van der Waals surface area contributed by atoms with E-state index in [1.165, 1.54) is 4.88 Å². The first-order valence-electron chi connectivity index (χ1n) is 5.69. The Morgan fingerprint density at radius 2 is 2.22 bits per heavy atom. The van der Waals surface area contributed by atoms with E-state index in [0.29, 0.717) is 0 Å². The lowest BCUT2D eigenvalue weighted by Crippen LogP contribution is -2.36. The van der Waals surface area contributed by atoms with E-state index in [1.54, 1.807) is 17.4 Å². The summed E-state index contributed by atoms with van der Waals surface area (Å²) in [5.41, 5.74) is 0.929. The summed E-state index contributed by atoms with van der Waals surface area (Å²) in [4.78, 5) is 13.9. The summed E-state index contributed by atoms with van der Waals surface area (Å²) in [6.07, 6.45) is 2.75. The number of nitrogens with zero attached hydrogens (tertiary/aromatic N) is 1. The average Bonchev–Trinajstić information content (AvgIpc) is 2.77. The van der Waals surface area contributed by atoms with Crippen LogP contribution < -0.4 is 0 Å². The molecule has 1 aliphatic heterocycles. The zero-order valence-corrected chi connectivity index (χ0v) is 11.5. The summed E-state index contributed by atoms with van der Waals surface area (Å²) in [6.45, 7) is 2.62. The molecule has 1 aliphatic rings. The SMILES string of the molecule is O=C(O)C=Cc1csc(CN2CCS(=O)CC2)c1. The minimum atomic E-state index is -0.929. The summed E-state index contributed by atoms with van der Waals surface area (Å²) in [6, 6.07) is 2.01. The Morgan fingerprint density at radius 1 is 1.50 bits per heavy atom. The van der Waals surface area contributed by atoms with Gasteiger partial charge >= 0.3 is 5.97 Å². The molecule has 98 valence electrons. The predicted octanol–water partition coefficient (Wildman–Crippen LogP) is 1.41. The molecular formula is C12H15NO3S2. The number of hydrogen-bond donors (Lipinski definition) is 1. The lowest BCUT2D eigenvalue weighted by molar-refractivity contribution is -0.131. The standard InChI is InChI=1S/C12H15NO3S2/c14-12(15)2-1-10-7-11(17-9-10)8-13-3-5-18(16)6-4-13/h1-2,7,9H,3-6,8H2,(H,14,15). The van der Waals surface area contributed by atoms with Crippen molar-refractivity contribution in [3.63, 3.8) is 0 Å². The van der Waals surface area contributed by atoms with Gasteiger partial charge in [0.05, 0.1) is 0 Å². The van der Waals surface area contributed by atoms with Gasteiger partial charge in [0.2, 0.25) is 0 Å². The van der Waals surface area contributed by atoms with Gasteiger partial charge in [-0.2, -0.15) is 0 Å². The van der Waals surface area contributed by atoms with Crippen molar-refractivity contribution in [1.82, 2.24) is 4.90 Å². The first-order chi connectivity index (χ1) is 8.63. The molecule has 4 nitrogen and oxygen atoms in total. The Bertz CT molecular complexity index is 471. The molecule has 1 N–H and O–H groups in total. The van der Waals surface area contributed by atoms with Gasteiger partial charge in [0.25, 0.3) is 0 Å². The van der Waals surface area contributed by atoms with Gasteiger partial charge in [-0.05, 0) is 23.1 Å². The summed E-state index contributed by atoms with van der Waals surface area (Å²) >= 11 is 1.63. The van der Waals surface area contributed by atoms with Crippen molar-refractivity contribution in [3.05, 3.63) is 28.0 Å². The van der Waals surface area contributed by atoms with Gasteiger partial charge in [-0.3, -0.25) is 9.11 Å². The van der Waals surface area contributed by atoms with Gasteiger partial charge < -0.3 is 5.11 Å². The van der Waals surface area contributed by atoms with Crippen LogP contribution in [0.25, 0.3) is 6.08 Å². The van der Waals surface area contributed by atoms with Crippen molar-refractivity contribution in [1.29, 1.82) is 0 Å². The maximum absolute atomic E-state index is 11.2. The summed E-state index contributed by atoms with van der Waals surface area (Å²) < 4.78 is 11.2. The highest BCUT2D eigenvalue weighted by Gasteiger charge is 2.15. The second-order valence-electron chi connectivity index (χ2n) is 4.14. The van der Waals surface area contributed by atoms with Crippen LogP contribution in [0.15, 0.2) is 17.5 Å². The van der Waals surface area contributed by atoms with E-state index >= 15 is 0 Å². The van der Waals surface area contributed by atoms with E-state index in [-0.39, 0.29) is 0 Å². The molecule has 0 aliphatic carbocycles. The molecule has 1 saturated heterocycles. The van der Waals surface area contributed by atoms with Gasteiger partial charge in [0.1, 0.15) is 0 Å². The highest BCUT2D eigenvalue weighted by Crippen LogP contribution is 2.18. The largest absolute Gasteiger partial charge is 0.478 e. The fourth-order valence-electron chi connectivity index (χ4n) is 1.79. The van der Waals surface area contributed by atoms with Gasteiger partial charge in [0.15, 0.2) is 0 Å². The molecule has 1 fully saturated rings. The van der Waals surface area contributed by atoms with E-state index < -0.39 is 16.8 Å². The number of rotatable bonds is 4. The Labute approximate surface area is 112 Å². The zero-order chi connectivity index (χ0) is 13.0. The summed E-state index contributed by atoms with van der Waals surface area (Å²) in [5, 5.41) is 10.5. The van der Waals surface area contributed by atoms with Crippen molar-refractivity contribution in [2.24, 2.45) is 0 Å². The Balaban J connectivity index is 1.90. The van der Waals surface area contributed by atoms with Crippen LogP contribution in [-0.4, -0.2) is 44.8 Å². The summed E-state index contributed by atoms with van der Waals surface area (Å²) in [7, 11) is -0.637. The Kier molecular flexibility index (Phi) is 4.68. The highest BCUT2D eigenvalue weighted by atomic mass is 32.2. The zero-order valence-electron chi connectivity index (χ0n) is 9.87. The van der Waals surface area contributed by atoms with Crippen LogP contribution in [0.5, 0.6) is 0 Å². The number of aliphatic carboxylic acids is 1. The molecule has 0 radical (unpaired) electrons. The molecule has 1 aromatic rings. The number of carboxylic acid groups (broad SMARTS) is 1. The van der Waals surface area contributed by atoms with Crippen molar-refractivity contribution in [2.75, 3.05) is 24.6 Å². The molecule has 0 aromatic carbocycles. The molecule has 0 bridgehead atoms. The minimum Gasteiger partial charge on any atom is -0.478 e. The first kappa shape index (κ1) is 13.5. The van der Waals surface area contributed by atoms with Crippen molar-refractivity contribution in [3.8, 4) is 0 Å². The minimum absolute atomic E-state index is 0.637. The van der Waals surface area contributed by atoms with Crippen LogP contribution in [0.1, 0.15) is 10.4 Å². The van der Waals surface area contributed by atoms with Gasteiger partial charge in [-0.1, -0.05) is 0 Å². The third-order valence-electron chi connectivity index (χ3n) is 2.74. The Morgan fingerprint density at radius 3 is 2.89 bits per heavy atom. The van der Waals surface area contributed by atoms with E-state index in [9.17, 15) is 9.00 Å². The third kappa shape index (κ3) is 4.04. The maximum Gasteiger partial charge on any atom is 0.328 e. The molecule has 0 saturated carbocycles. The van der Waals surface area contributed by atoms with Crippen LogP contribution in [0, 0.1) is 0 Å². The normalized spacial score (nSPS) is 18.4. The Hall–Kier alpha value is -0.980. The number of hydrogen-bond acceptors (Lipinski definition) is 4. The monoisotopic (exact) mass is 285 g/mol. The molecule has 18 heavy (non-hydrogen) atoms. The van der Waals surface area contributed by atoms with Crippen LogP contribution in [0.3, 0.4) is 0 Å². The number of thiophene rings is 1. The maximum atomic E-state index is 11.2. The van der Waals surface area contributed by atoms with E-state index in [1.807, 2.05) is 11.4 Å². The van der Waals surface area contributed by atoms with Gasteiger partial charge in [-0.25, -0.2) is 4.79 Å². The highest BCUT2D eigenvalue weighted by molar-refractivity contribution is 7.85.